The lowest BCUT2D eigenvalue weighted by Gasteiger charge is -2.26. The van der Waals surface area contributed by atoms with Crippen LogP contribution in [0, 0.1) is 13.8 Å². The molecular formula is C20H27N7O. The Morgan fingerprint density at radius 1 is 1.11 bits per heavy atom. The van der Waals surface area contributed by atoms with Crippen LogP contribution in [0.1, 0.15) is 17.5 Å². The minimum atomic E-state index is 0.246. The molecule has 0 unspecified atom stereocenters. The topological polar surface area (TPSA) is 93.6 Å². The Labute approximate surface area is 164 Å². The molecule has 3 aromatic rings. The number of benzene rings is 1. The van der Waals surface area contributed by atoms with Crippen molar-refractivity contribution in [3.8, 4) is 11.3 Å². The van der Waals surface area contributed by atoms with Gasteiger partial charge in [-0.05, 0) is 38.9 Å². The van der Waals surface area contributed by atoms with Gasteiger partial charge in [-0.3, -0.25) is 4.90 Å². The van der Waals surface area contributed by atoms with Gasteiger partial charge < -0.3 is 15.8 Å². The summed E-state index contributed by atoms with van der Waals surface area (Å²) in [5.41, 5.74) is 10.8. The number of aromatic nitrogens is 4. The number of morpholine rings is 1. The van der Waals surface area contributed by atoms with Gasteiger partial charge in [-0.25, -0.2) is 9.50 Å². The van der Waals surface area contributed by atoms with Crippen LogP contribution in [0.25, 0.3) is 16.9 Å². The lowest BCUT2D eigenvalue weighted by molar-refractivity contribution is 0.0378. The summed E-state index contributed by atoms with van der Waals surface area (Å²) in [6, 6.07) is 6.41. The van der Waals surface area contributed by atoms with E-state index in [1.807, 2.05) is 6.20 Å². The number of nitrogen functional groups attached to an aromatic ring is 1. The number of nitrogens with zero attached hydrogens (tertiary/aromatic N) is 5. The zero-order chi connectivity index (χ0) is 19.5. The van der Waals surface area contributed by atoms with E-state index in [1.165, 1.54) is 11.1 Å². The molecule has 0 bridgehead atoms. The highest BCUT2D eigenvalue weighted by Gasteiger charge is 2.13. The van der Waals surface area contributed by atoms with Crippen molar-refractivity contribution in [2.45, 2.75) is 20.3 Å². The largest absolute Gasteiger partial charge is 0.379 e. The molecule has 0 atom stereocenters. The van der Waals surface area contributed by atoms with Crippen LogP contribution in [0.4, 0.5) is 11.8 Å². The van der Waals surface area contributed by atoms with Crippen molar-refractivity contribution in [2.24, 2.45) is 0 Å². The van der Waals surface area contributed by atoms with Crippen LogP contribution in [0.3, 0.4) is 0 Å². The molecule has 3 N–H and O–H groups in total. The minimum absolute atomic E-state index is 0.246. The molecule has 2 aromatic heterocycles. The zero-order valence-electron chi connectivity index (χ0n) is 16.5. The number of aryl methyl sites for hydroxylation is 2. The molecule has 0 aliphatic carbocycles. The molecule has 1 aliphatic rings. The third-order valence-corrected chi connectivity index (χ3v) is 4.90. The Balaban J connectivity index is 1.54. The second-order valence-electron chi connectivity index (χ2n) is 7.32. The van der Waals surface area contributed by atoms with Crippen molar-refractivity contribution in [1.29, 1.82) is 0 Å². The van der Waals surface area contributed by atoms with E-state index in [0.717, 1.165) is 57.1 Å². The molecule has 148 valence electrons. The highest BCUT2D eigenvalue weighted by molar-refractivity contribution is 5.70. The summed E-state index contributed by atoms with van der Waals surface area (Å²) in [6.45, 7) is 9.69. The second-order valence-corrected chi connectivity index (χ2v) is 7.32. The van der Waals surface area contributed by atoms with E-state index in [4.69, 9.17) is 15.5 Å². The maximum atomic E-state index is 5.83. The van der Waals surface area contributed by atoms with Gasteiger partial charge in [-0.15, -0.1) is 5.10 Å². The van der Waals surface area contributed by atoms with E-state index >= 15 is 0 Å². The Kier molecular flexibility index (Phi) is 5.40. The molecular weight excluding hydrogens is 354 g/mol. The van der Waals surface area contributed by atoms with Gasteiger partial charge in [0, 0.05) is 25.2 Å². The van der Waals surface area contributed by atoms with Gasteiger partial charge >= 0.3 is 0 Å². The smallest absolute Gasteiger partial charge is 0.240 e. The first-order valence-electron chi connectivity index (χ1n) is 9.74. The number of hydrogen-bond acceptors (Lipinski definition) is 7. The maximum Gasteiger partial charge on any atom is 0.240 e. The Morgan fingerprint density at radius 3 is 2.61 bits per heavy atom. The van der Waals surface area contributed by atoms with Crippen molar-refractivity contribution < 1.29 is 4.74 Å². The van der Waals surface area contributed by atoms with Crippen molar-refractivity contribution in [1.82, 2.24) is 24.5 Å². The molecule has 28 heavy (non-hydrogen) atoms. The van der Waals surface area contributed by atoms with Crippen molar-refractivity contribution in [2.75, 3.05) is 50.4 Å². The molecule has 0 saturated carbocycles. The molecule has 8 heteroatoms. The summed E-state index contributed by atoms with van der Waals surface area (Å²) in [5, 5.41) is 7.72. The monoisotopic (exact) mass is 381 g/mol. The molecule has 1 saturated heterocycles. The first-order valence-corrected chi connectivity index (χ1v) is 9.74. The SMILES string of the molecule is Cc1cc(C)cc(-c2cn3nc(N)nc3c(NCCCN3CCOCC3)n2)c1. The fraction of sp³-hybridized carbons (Fsp3) is 0.450. The molecule has 0 amide bonds. The van der Waals surface area contributed by atoms with E-state index in [9.17, 15) is 0 Å². The fourth-order valence-corrected chi connectivity index (χ4v) is 3.62. The molecule has 1 aromatic carbocycles. The van der Waals surface area contributed by atoms with Crippen LogP contribution in [-0.4, -0.2) is 63.9 Å². The summed E-state index contributed by atoms with van der Waals surface area (Å²) >= 11 is 0. The molecule has 4 rings (SSSR count). The van der Waals surface area contributed by atoms with E-state index in [2.05, 4.69) is 52.3 Å². The molecule has 1 aliphatic heterocycles. The number of ether oxygens (including phenoxy) is 1. The first-order chi connectivity index (χ1) is 13.6. The number of anilines is 2. The normalized spacial score (nSPS) is 15.2. The van der Waals surface area contributed by atoms with E-state index in [-0.39, 0.29) is 5.95 Å². The number of rotatable bonds is 6. The predicted molar refractivity (Wildman–Crippen MR) is 110 cm³/mol. The minimum Gasteiger partial charge on any atom is -0.379 e. The van der Waals surface area contributed by atoms with E-state index < -0.39 is 0 Å². The van der Waals surface area contributed by atoms with Crippen molar-refractivity contribution >= 4 is 17.4 Å². The summed E-state index contributed by atoms with van der Waals surface area (Å²) in [5.74, 6) is 0.957. The zero-order valence-corrected chi connectivity index (χ0v) is 16.5. The summed E-state index contributed by atoms with van der Waals surface area (Å²) in [4.78, 5) is 11.6. The van der Waals surface area contributed by atoms with Gasteiger partial charge in [0.15, 0.2) is 11.5 Å². The molecule has 0 spiro atoms. The first kappa shape index (κ1) is 18.6. The number of nitrogens with one attached hydrogen (secondary N) is 1. The van der Waals surface area contributed by atoms with Gasteiger partial charge in [-0.2, -0.15) is 4.98 Å². The highest BCUT2D eigenvalue weighted by atomic mass is 16.5. The van der Waals surface area contributed by atoms with E-state index in [0.29, 0.717) is 11.5 Å². The molecule has 1 fully saturated rings. The summed E-state index contributed by atoms with van der Waals surface area (Å²) in [6.07, 6.45) is 2.90. The van der Waals surface area contributed by atoms with Gasteiger partial charge in [0.1, 0.15) is 0 Å². The van der Waals surface area contributed by atoms with E-state index in [1.54, 1.807) is 4.52 Å². The predicted octanol–water partition coefficient (Wildman–Crippen LogP) is 2.12. The lowest BCUT2D eigenvalue weighted by Crippen LogP contribution is -2.37. The van der Waals surface area contributed by atoms with Crippen molar-refractivity contribution in [3.63, 3.8) is 0 Å². The number of nitrogens with two attached hydrogens (primary N) is 1. The Morgan fingerprint density at radius 2 is 1.86 bits per heavy atom. The second kappa shape index (κ2) is 8.12. The average Bonchev–Trinajstić information content (AvgIpc) is 3.05. The van der Waals surface area contributed by atoms with Gasteiger partial charge in [0.2, 0.25) is 5.95 Å². The highest BCUT2D eigenvalue weighted by Crippen LogP contribution is 2.24. The van der Waals surface area contributed by atoms with Crippen LogP contribution in [0.2, 0.25) is 0 Å². The standard InChI is InChI=1S/C20H27N7O/c1-14-10-15(2)12-16(11-14)17-13-27-19(24-20(21)25-27)18(23-17)22-4-3-5-26-6-8-28-9-7-26/h10-13H,3-9H2,1-2H3,(H2,21,25)(H,22,23). The number of hydrogen-bond donors (Lipinski definition) is 2. The van der Waals surface area contributed by atoms with Gasteiger partial charge in [-0.1, -0.05) is 17.2 Å². The van der Waals surface area contributed by atoms with Crippen LogP contribution in [-0.2, 0) is 4.74 Å². The number of fused-ring (bicyclic) bond motifs is 1. The summed E-state index contributed by atoms with van der Waals surface area (Å²) in [7, 11) is 0. The maximum absolute atomic E-state index is 5.83. The van der Waals surface area contributed by atoms with Crippen LogP contribution < -0.4 is 11.1 Å². The third kappa shape index (κ3) is 4.23. The molecule has 3 heterocycles. The summed E-state index contributed by atoms with van der Waals surface area (Å²) < 4.78 is 7.11. The Bertz CT molecular complexity index is 942. The lowest BCUT2D eigenvalue weighted by atomic mass is 10.1. The van der Waals surface area contributed by atoms with Crippen LogP contribution >= 0.6 is 0 Å². The molecule has 0 radical (unpaired) electrons. The van der Waals surface area contributed by atoms with Gasteiger partial charge in [0.25, 0.3) is 0 Å². The quantitative estimate of drug-likeness (QED) is 0.632. The van der Waals surface area contributed by atoms with Crippen LogP contribution in [0.5, 0.6) is 0 Å². The van der Waals surface area contributed by atoms with Gasteiger partial charge in [0.05, 0.1) is 25.1 Å². The third-order valence-electron chi connectivity index (χ3n) is 4.90. The Hall–Kier alpha value is -2.71. The average molecular weight is 381 g/mol. The van der Waals surface area contributed by atoms with Crippen molar-refractivity contribution in [3.05, 3.63) is 35.5 Å². The van der Waals surface area contributed by atoms with Crippen LogP contribution in [0.15, 0.2) is 24.4 Å². The fourth-order valence-electron chi connectivity index (χ4n) is 3.62. The molecule has 8 nitrogen and oxygen atoms in total.